The third-order valence-corrected chi connectivity index (χ3v) is 5.61. The van der Waals surface area contributed by atoms with Crippen LogP contribution in [0.3, 0.4) is 0 Å². The van der Waals surface area contributed by atoms with Gasteiger partial charge in [0.05, 0.1) is 12.9 Å². The van der Waals surface area contributed by atoms with E-state index in [1.165, 1.54) is 37.9 Å². The highest BCUT2D eigenvalue weighted by Gasteiger charge is 2.24. The molecule has 2 amide bonds. The van der Waals surface area contributed by atoms with E-state index in [0.717, 1.165) is 35.1 Å². The summed E-state index contributed by atoms with van der Waals surface area (Å²) in [5, 5.41) is 9.49. The number of carbonyl (C=O) groups is 2. The maximum absolute atomic E-state index is 11.9. The molecule has 1 aliphatic carbocycles. The second kappa shape index (κ2) is 9.59. The van der Waals surface area contributed by atoms with Gasteiger partial charge >= 0.3 is 0 Å². The molecule has 2 aromatic rings. The van der Waals surface area contributed by atoms with Crippen molar-refractivity contribution in [3.05, 3.63) is 24.3 Å². The van der Waals surface area contributed by atoms with Crippen LogP contribution < -0.4 is 15.6 Å². The Morgan fingerprint density at radius 1 is 1.14 bits per heavy atom. The summed E-state index contributed by atoms with van der Waals surface area (Å²) in [6.07, 6.45) is 5.76. The van der Waals surface area contributed by atoms with Crippen molar-refractivity contribution < 1.29 is 14.3 Å². The fraction of sp³-hybridized carbons (Fsp3) is 0.474. The van der Waals surface area contributed by atoms with Crippen LogP contribution in [0.1, 0.15) is 45.1 Å². The lowest BCUT2D eigenvalue weighted by molar-refractivity contribution is -0.126. The molecule has 9 heteroatoms. The molecule has 28 heavy (non-hydrogen) atoms. The summed E-state index contributed by atoms with van der Waals surface area (Å²) >= 11 is 1.32. The van der Waals surface area contributed by atoms with Crippen molar-refractivity contribution in [3.8, 4) is 17.1 Å². The van der Waals surface area contributed by atoms with E-state index in [4.69, 9.17) is 4.74 Å². The molecule has 8 nitrogen and oxygen atoms in total. The largest absolute Gasteiger partial charge is 0.497 e. The summed E-state index contributed by atoms with van der Waals surface area (Å²) < 4.78 is 7.40. The van der Waals surface area contributed by atoms with Crippen LogP contribution in [0.15, 0.2) is 29.4 Å². The number of thioether (sulfide) groups is 1. The monoisotopic (exact) mass is 403 g/mol. The number of hydrazine groups is 1. The van der Waals surface area contributed by atoms with E-state index < -0.39 is 0 Å². The summed E-state index contributed by atoms with van der Waals surface area (Å²) in [5.41, 5.74) is 5.63. The van der Waals surface area contributed by atoms with E-state index in [1.807, 2.05) is 24.3 Å². The van der Waals surface area contributed by atoms with Crippen LogP contribution in [0, 0.1) is 0 Å². The lowest BCUT2D eigenvalue weighted by Crippen LogP contribution is -2.41. The zero-order valence-electron chi connectivity index (χ0n) is 16.1. The van der Waals surface area contributed by atoms with Gasteiger partial charge in [-0.05, 0) is 37.1 Å². The molecule has 0 unspecified atom stereocenters. The molecule has 1 aromatic carbocycles. The molecule has 0 saturated heterocycles. The summed E-state index contributed by atoms with van der Waals surface area (Å²) in [6, 6.07) is 8.08. The van der Waals surface area contributed by atoms with Crippen LogP contribution in [-0.4, -0.2) is 39.4 Å². The molecule has 0 radical (unpaired) electrons. The first-order valence-electron chi connectivity index (χ1n) is 9.36. The number of hydrogen-bond acceptors (Lipinski definition) is 6. The lowest BCUT2D eigenvalue weighted by Gasteiger charge is -2.25. The maximum Gasteiger partial charge on any atom is 0.248 e. The van der Waals surface area contributed by atoms with E-state index in [-0.39, 0.29) is 17.6 Å². The first-order valence-corrected chi connectivity index (χ1v) is 10.3. The molecule has 0 aliphatic heterocycles. The molecule has 1 saturated carbocycles. The number of ether oxygens (including phenoxy) is 1. The summed E-state index contributed by atoms with van der Waals surface area (Å²) in [7, 11) is 1.64. The fourth-order valence-electron chi connectivity index (χ4n) is 3.30. The second-order valence-corrected chi connectivity index (χ2v) is 7.66. The predicted octanol–water partition coefficient (Wildman–Crippen LogP) is 2.72. The van der Waals surface area contributed by atoms with E-state index in [9.17, 15) is 9.59 Å². The van der Waals surface area contributed by atoms with Crippen molar-refractivity contribution in [2.24, 2.45) is 0 Å². The third kappa shape index (κ3) is 5.03. The normalized spacial score (nSPS) is 14.5. The molecule has 0 atom stereocenters. The van der Waals surface area contributed by atoms with Gasteiger partial charge in [0, 0.05) is 18.5 Å². The number of nitrogens with one attached hydrogen (secondary N) is 2. The van der Waals surface area contributed by atoms with E-state index in [1.54, 1.807) is 7.11 Å². The topological polar surface area (TPSA) is 98.1 Å². The first-order chi connectivity index (χ1) is 13.6. The number of nitrogens with zero attached hydrogens (tertiary/aromatic N) is 3. The van der Waals surface area contributed by atoms with E-state index in [2.05, 4.69) is 25.6 Å². The number of hydrogen-bond donors (Lipinski definition) is 2. The second-order valence-electron chi connectivity index (χ2n) is 6.71. The molecule has 1 heterocycles. The van der Waals surface area contributed by atoms with Gasteiger partial charge < -0.3 is 4.74 Å². The van der Waals surface area contributed by atoms with Crippen LogP contribution in [-0.2, 0) is 9.59 Å². The molecular weight excluding hydrogens is 378 g/mol. The minimum atomic E-state index is -0.314. The standard InChI is InChI=1S/C19H25N5O3S/c1-13(25)20-21-17(26)12-28-19-23-22-18(14-8-10-16(27-2)11-9-14)24(19)15-6-4-3-5-7-15/h8-11,15H,3-7,12H2,1-2H3,(H,20,25)(H,21,26). The minimum Gasteiger partial charge on any atom is -0.497 e. The lowest BCUT2D eigenvalue weighted by atomic mass is 9.95. The highest BCUT2D eigenvalue weighted by Crippen LogP contribution is 2.35. The fourth-order valence-corrected chi connectivity index (χ4v) is 4.11. The zero-order valence-corrected chi connectivity index (χ0v) is 16.9. The smallest absolute Gasteiger partial charge is 0.248 e. The number of aromatic nitrogens is 3. The number of methoxy groups -OCH3 is 1. The Kier molecular flexibility index (Phi) is 6.91. The van der Waals surface area contributed by atoms with Gasteiger partial charge in [-0.15, -0.1) is 10.2 Å². The van der Waals surface area contributed by atoms with Crippen molar-refractivity contribution in [2.75, 3.05) is 12.9 Å². The molecule has 1 fully saturated rings. The molecular formula is C19H25N5O3S. The Labute approximate surface area is 168 Å². The van der Waals surface area contributed by atoms with Crippen molar-refractivity contribution in [1.82, 2.24) is 25.6 Å². The predicted molar refractivity (Wildman–Crippen MR) is 107 cm³/mol. The maximum atomic E-state index is 11.9. The van der Waals surface area contributed by atoms with Crippen molar-refractivity contribution in [1.29, 1.82) is 0 Å². The van der Waals surface area contributed by atoms with Gasteiger partial charge in [0.2, 0.25) is 11.8 Å². The average molecular weight is 404 g/mol. The highest BCUT2D eigenvalue weighted by atomic mass is 32.2. The molecule has 0 bridgehead atoms. The Balaban J connectivity index is 1.81. The van der Waals surface area contributed by atoms with Crippen LogP contribution in [0.2, 0.25) is 0 Å². The number of benzene rings is 1. The number of carbonyl (C=O) groups excluding carboxylic acids is 2. The Bertz CT molecular complexity index is 815. The molecule has 2 N–H and O–H groups in total. The third-order valence-electron chi connectivity index (χ3n) is 4.66. The van der Waals surface area contributed by atoms with Gasteiger partial charge in [-0.1, -0.05) is 31.0 Å². The first kappa shape index (κ1) is 20.2. The Hall–Kier alpha value is -2.55. The van der Waals surface area contributed by atoms with Crippen LogP contribution in [0.5, 0.6) is 5.75 Å². The number of rotatable bonds is 6. The van der Waals surface area contributed by atoms with Gasteiger partial charge in [-0.25, -0.2) is 0 Å². The summed E-state index contributed by atoms with van der Waals surface area (Å²) in [6.45, 7) is 1.34. The molecule has 1 aliphatic rings. The summed E-state index contributed by atoms with van der Waals surface area (Å²) in [5.74, 6) is 1.14. The molecule has 0 spiro atoms. The molecule has 1 aromatic heterocycles. The van der Waals surface area contributed by atoms with Crippen molar-refractivity contribution in [3.63, 3.8) is 0 Å². The minimum absolute atomic E-state index is 0.147. The van der Waals surface area contributed by atoms with Gasteiger partial charge in [0.25, 0.3) is 0 Å². The van der Waals surface area contributed by atoms with Crippen LogP contribution in [0.4, 0.5) is 0 Å². The molecule has 150 valence electrons. The van der Waals surface area contributed by atoms with Gasteiger partial charge in [0.15, 0.2) is 11.0 Å². The Morgan fingerprint density at radius 3 is 2.50 bits per heavy atom. The Morgan fingerprint density at radius 2 is 1.86 bits per heavy atom. The SMILES string of the molecule is COc1ccc(-c2nnc(SCC(=O)NNC(C)=O)n2C2CCCCC2)cc1. The van der Waals surface area contributed by atoms with Gasteiger partial charge in [-0.3, -0.25) is 25.0 Å². The van der Waals surface area contributed by atoms with Crippen molar-refractivity contribution >= 4 is 23.6 Å². The molecule has 3 rings (SSSR count). The van der Waals surface area contributed by atoms with Crippen LogP contribution in [0.25, 0.3) is 11.4 Å². The van der Waals surface area contributed by atoms with E-state index in [0.29, 0.717) is 6.04 Å². The highest BCUT2D eigenvalue weighted by molar-refractivity contribution is 7.99. The van der Waals surface area contributed by atoms with E-state index >= 15 is 0 Å². The number of amides is 2. The zero-order chi connectivity index (χ0) is 19.9. The van der Waals surface area contributed by atoms with Gasteiger partial charge in [-0.2, -0.15) is 0 Å². The van der Waals surface area contributed by atoms with Crippen molar-refractivity contribution in [2.45, 2.75) is 50.2 Å². The quantitative estimate of drug-likeness (QED) is 0.568. The van der Waals surface area contributed by atoms with Crippen LogP contribution >= 0.6 is 11.8 Å². The van der Waals surface area contributed by atoms with Gasteiger partial charge in [0.1, 0.15) is 5.75 Å². The summed E-state index contributed by atoms with van der Waals surface area (Å²) in [4.78, 5) is 22.9. The average Bonchev–Trinajstić information content (AvgIpc) is 3.15.